The maximum atomic E-state index is 10.3. The summed E-state index contributed by atoms with van der Waals surface area (Å²) in [4.78, 5) is 20.3. The zero-order chi connectivity index (χ0) is 7.98. The number of urea groups is 1. The average molecular weight is 142 g/mol. The molecule has 0 aliphatic rings. The molecule has 0 aromatic rings. The van der Waals surface area contributed by atoms with E-state index in [1.54, 1.807) is 6.07 Å². The number of hydrogen-bond donors (Lipinski definition) is 3. The second-order valence-electron chi connectivity index (χ2n) is 1.37. The van der Waals surface area contributed by atoms with Crippen LogP contribution < -0.4 is 16.6 Å². The van der Waals surface area contributed by atoms with E-state index in [9.17, 15) is 9.59 Å². The van der Waals surface area contributed by atoms with Gasteiger partial charge in [0, 0.05) is 0 Å². The summed E-state index contributed by atoms with van der Waals surface area (Å²) in [5, 5.41) is 7.95. The van der Waals surface area contributed by atoms with Crippen molar-refractivity contribution in [2.75, 3.05) is 0 Å². The van der Waals surface area contributed by atoms with E-state index in [1.165, 1.54) is 0 Å². The average Bonchev–Trinajstić information content (AvgIpc) is 1.85. The van der Waals surface area contributed by atoms with Crippen molar-refractivity contribution >= 4 is 11.9 Å². The molecule has 0 aromatic heterocycles. The SMILES string of the molecule is N#CCC(=O)NNC(N)=O. The van der Waals surface area contributed by atoms with E-state index in [4.69, 9.17) is 5.26 Å². The molecule has 0 heterocycles. The molecule has 54 valence electrons. The van der Waals surface area contributed by atoms with Crippen molar-refractivity contribution in [1.29, 1.82) is 5.26 Å². The van der Waals surface area contributed by atoms with Gasteiger partial charge in [-0.15, -0.1) is 0 Å². The van der Waals surface area contributed by atoms with Crippen molar-refractivity contribution in [3.8, 4) is 6.07 Å². The quantitative estimate of drug-likeness (QED) is 0.392. The molecule has 4 N–H and O–H groups in total. The molecule has 0 unspecified atom stereocenters. The van der Waals surface area contributed by atoms with E-state index < -0.39 is 11.9 Å². The number of nitrogens with one attached hydrogen (secondary N) is 2. The summed E-state index contributed by atoms with van der Waals surface area (Å²) in [6.07, 6.45) is -0.305. The molecular weight excluding hydrogens is 136 g/mol. The summed E-state index contributed by atoms with van der Waals surface area (Å²) >= 11 is 0. The highest BCUT2D eigenvalue weighted by atomic mass is 16.2. The van der Waals surface area contributed by atoms with Gasteiger partial charge in [-0.3, -0.25) is 10.2 Å². The van der Waals surface area contributed by atoms with Gasteiger partial charge in [0.2, 0.25) is 0 Å². The maximum absolute atomic E-state index is 10.3. The predicted octanol–water partition coefficient (Wildman–Crippen LogP) is -1.40. The summed E-state index contributed by atoms with van der Waals surface area (Å²) < 4.78 is 0. The van der Waals surface area contributed by atoms with E-state index in [0.29, 0.717) is 0 Å². The minimum absolute atomic E-state index is 0.305. The summed E-state index contributed by atoms with van der Waals surface area (Å²) in [6, 6.07) is 0.718. The van der Waals surface area contributed by atoms with Crippen molar-refractivity contribution < 1.29 is 9.59 Å². The predicted molar refractivity (Wildman–Crippen MR) is 31.1 cm³/mol. The molecule has 0 saturated carbocycles. The molecule has 0 atom stereocenters. The highest BCUT2D eigenvalue weighted by Crippen LogP contribution is 1.70. The molecule has 0 aromatic carbocycles. The fraction of sp³-hybridized carbons (Fsp3) is 0.250. The highest BCUT2D eigenvalue weighted by Gasteiger charge is 1.97. The Morgan fingerprint density at radius 1 is 1.50 bits per heavy atom. The van der Waals surface area contributed by atoms with Crippen LogP contribution in [-0.2, 0) is 4.79 Å². The molecule has 0 saturated heterocycles. The van der Waals surface area contributed by atoms with Crippen LogP contribution in [0.25, 0.3) is 0 Å². The molecular formula is C4H6N4O2. The van der Waals surface area contributed by atoms with E-state index in [1.807, 2.05) is 10.9 Å². The van der Waals surface area contributed by atoms with E-state index in [2.05, 4.69) is 5.73 Å². The number of rotatable bonds is 1. The first kappa shape index (κ1) is 8.23. The Balaban J connectivity index is 3.42. The van der Waals surface area contributed by atoms with Crippen LogP contribution in [0, 0.1) is 11.3 Å². The molecule has 0 aliphatic heterocycles. The summed E-state index contributed by atoms with van der Waals surface area (Å²) in [5.41, 5.74) is 8.30. The Hall–Kier alpha value is -1.77. The molecule has 10 heavy (non-hydrogen) atoms. The van der Waals surface area contributed by atoms with Crippen molar-refractivity contribution in [3.05, 3.63) is 0 Å². The number of nitrogens with two attached hydrogens (primary N) is 1. The third kappa shape index (κ3) is 4.39. The first-order valence-corrected chi connectivity index (χ1v) is 2.38. The van der Waals surface area contributed by atoms with Crippen molar-refractivity contribution in [3.63, 3.8) is 0 Å². The normalized spacial score (nSPS) is 7.50. The van der Waals surface area contributed by atoms with Crippen molar-refractivity contribution in [2.45, 2.75) is 6.42 Å². The number of nitrogens with zero attached hydrogens (tertiary/aromatic N) is 1. The number of nitriles is 1. The van der Waals surface area contributed by atoms with E-state index in [-0.39, 0.29) is 6.42 Å². The van der Waals surface area contributed by atoms with Gasteiger partial charge < -0.3 is 5.73 Å². The monoisotopic (exact) mass is 142 g/mol. The smallest absolute Gasteiger partial charge is 0.330 e. The van der Waals surface area contributed by atoms with Crippen LogP contribution in [0.2, 0.25) is 0 Å². The van der Waals surface area contributed by atoms with E-state index in [0.717, 1.165) is 0 Å². The lowest BCUT2D eigenvalue weighted by molar-refractivity contribution is -0.120. The molecule has 6 heteroatoms. The first-order valence-electron chi connectivity index (χ1n) is 2.38. The van der Waals surface area contributed by atoms with Gasteiger partial charge in [-0.05, 0) is 0 Å². The van der Waals surface area contributed by atoms with Gasteiger partial charge >= 0.3 is 6.03 Å². The maximum Gasteiger partial charge on any atom is 0.330 e. The van der Waals surface area contributed by atoms with E-state index >= 15 is 0 Å². The zero-order valence-electron chi connectivity index (χ0n) is 5.05. The Morgan fingerprint density at radius 2 is 2.10 bits per heavy atom. The lowest BCUT2D eigenvalue weighted by atomic mass is 10.5. The molecule has 6 nitrogen and oxygen atoms in total. The van der Waals surface area contributed by atoms with Gasteiger partial charge in [0.1, 0.15) is 6.42 Å². The van der Waals surface area contributed by atoms with Crippen LogP contribution in [0.15, 0.2) is 0 Å². The third-order valence-electron chi connectivity index (χ3n) is 0.565. The molecule has 0 spiro atoms. The number of carbonyl (C=O) groups is 2. The molecule has 3 amide bonds. The van der Waals surface area contributed by atoms with Gasteiger partial charge in [-0.2, -0.15) is 5.26 Å². The first-order chi connectivity index (χ1) is 4.66. The largest absolute Gasteiger partial charge is 0.350 e. The van der Waals surface area contributed by atoms with Gasteiger partial charge in [-0.25, -0.2) is 10.2 Å². The minimum Gasteiger partial charge on any atom is -0.350 e. The van der Waals surface area contributed by atoms with Gasteiger partial charge in [0.25, 0.3) is 5.91 Å². The van der Waals surface area contributed by atoms with Crippen molar-refractivity contribution in [2.24, 2.45) is 5.73 Å². The Labute approximate surface area is 57.0 Å². The fourth-order valence-corrected chi connectivity index (χ4v) is 0.247. The van der Waals surface area contributed by atoms with Gasteiger partial charge in [0.15, 0.2) is 0 Å². The molecule has 0 fully saturated rings. The molecule has 0 aliphatic carbocycles. The Kier molecular flexibility index (Phi) is 3.41. The molecule has 0 rings (SSSR count). The van der Waals surface area contributed by atoms with Crippen LogP contribution in [0.5, 0.6) is 0 Å². The zero-order valence-corrected chi connectivity index (χ0v) is 5.05. The van der Waals surface area contributed by atoms with Crippen LogP contribution >= 0.6 is 0 Å². The Bertz CT molecular complexity index is 182. The van der Waals surface area contributed by atoms with Gasteiger partial charge in [-0.1, -0.05) is 0 Å². The second-order valence-corrected chi connectivity index (χ2v) is 1.37. The minimum atomic E-state index is -0.869. The van der Waals surface area contributed by atoms with Crippen LogP contribution in [0.3, 0.4) is 0 Å². The number of carbonyl (C=O) groups excluding carboxylic acids is 2. The lowest BCUT2D eigenvalue weighted by Gasteiger charge is -1.99. The van der Waals surface area contributed by atoms with Crippen LogP contribution in [-0.4, -0.2) is 11.9 Å². The summed E-state index contributed by atoms with van der Waals surface area (Å²) in [7, 11) is 0. The molecule has 0 bridgehead atoms. The second kappa shape index (κ2) is 4.14. The number of hydrogen-bond acceptors (Lipinski definition) is 3. The van der Waals surface area contributed by atoms with Crippen LogP contribution in [0.4, 0.5) is 4.79 Å². The standard InChI is InChI=1S/C4H6N4O2/c5-2-1-3(9)7-8-4(6)10/h1H2,(H,7,9)(H3,6,8,10). The number of amides is 3. The Morgan fingerprint density at radius 3 is 2.50 bits per heavy atom. The van der Waals surface area contributed by atoms with Crippen molar-refractivity contribution in [1.82, 2.24) is 10.9 Å². The summed E-state index contributed by atoms with van der Waals surface area (Å²) in [6.45, 7) is 0. The third-order valence-corrected chi connectivity index (χ3v) is 0.565. The topological polar surface area (TPSA) is 108 Å². The number of primary amides is 1. The highest BCUT2D eigenvalue weighted by molar-refractivity contribution is 5.81. The number of hydrazine groups is 1. The summed E-state index contributed by atoms with van der Waals surface area (Å²) in [5.74, 6) is -0.596. The molecule has 0 radical (unpaired) electrons. The van der Waals surface area contributed by atoms with Crippen LogP contribution in [0.1, 0.15) is 6.42 Å². The fourth-order valence-electron chi connectivity index (χ4n) is 0.247. The lowest BCUT2D eigenvalue weighted by Crippen LogP contribution is -2.44. The van der Waals surface area contributed by atoms with Gasteiger partial charge in [0.05, 0.1) is 6.07 Å².